The van der Waals surface area contributed by atoms with E-state index >= 15 is 0 Å². The molecule has 1 fully saturated rings. The number of ether oxygens (including phenoxy) is 1. The number of methoxy groups -OCH3 is 1. The molecule has 0 aromatic rings. The number of hydrogen-bond donors (Lipinski definition) is 0. The molecule has 4 nitrogen and oxygen atoms in total. The quantitative estimate of drug-likeness (QED) is 0.742. The van der Waals surface area contributed by atoms with Crippen molar-refractivity contribution in [3.05, 3.63) is 0 Å². The van der Waals surface area contributed by atoms with E-state index in [1.54, 1.807) is 7.11 Å². The predicted octanol–water partition coefficient (Wildman–Crippen LogP) is 1.33. The van der Waals surface area contributed by atoms with E-state index in [-0.39, 0.29) is 5.54 Å². The van der Waals surface area contributed by atoms with Crippen LogP contribution in [-0.2, 0) is 4.74 Å². The molecule has 0 radical (unpaired) electrons. The lowest BCUT2D eigenvalue weighted by Gasteiger charge is -2.37. The van der Waals surface area contributed by atoms with Gasteiger partial charge < -0.3 is 9.64 Å². The summed E-state index contributed by atoms with van der Waals surface area (Å²) in [6.07, 6.45) is 1.74. The Morgan fingerprint density at radius 2 is 2.18 bits per heavy atom. The monoisotopic (exact) mass is 239 g/mol. The van der Waals surface area contributed by atoms with Crippen molar-refractivity contribution in [1.82, 2.24) is 9.80 Å². The highest BCUT2D eigenvalue weighted by atomic mass is 16.5. The first-order valence-electron chi connectivity index (χ1n) is 6.32. The van der Waals surface area contributed by atoms with E-state index in [1.165, 1.54) is 0 Å². The highest BCUT2D eigenvalue weighted by molar-refractivity contribution is 4.93. The SMILES string of the molecule is COCCN1CC(CC#N)N(C)CCC1(C)C. The summed E-state index contributed by atoms with van der Waals surface area (Å²) in [5, 5.41) is 8.90. The molecule has 1 unspecified atom stereocenters. The topological polar surface area (TPSA) is 39.5 Å². The van der Waals surface area contributed by atoms with E-state index in [0.29, 0.717) is 12.5 Å². The normalized spacial score (nSPS) is 26.4. The van der Waals surface area contributed by atoms with Gasteiger partial charge in [-0.2, -0.15) is 5.26 Å². The Kier molecular flexibility index (Phi) is 5.38. The van der Waals surface area contributed by atoms with Crippen LogP contribution >= 0.6 is 0 Å². The van der Waals surface area contributed by atoms with Crippen LogP contribution in [0.15, 0.2) is 0 Å². The first-order chi connectivity index (χ1) is 8.01. The molecule has 1 atom stereocenters. The van der Waals surface area contributed by atoms with Gasteiger partial charge in [-0.25, -0.2) is 0 Å². The fourth-order valence-electron chi connectivity index (χ4n) is 2.35. The van der Waals surface area contributed by atoms with E-state index in [1.807, 2.05) is 0 Å². The highest BCUT2D eigenvalue weighted by Gasteiger charge is 2.33. The lowest BCUT2D eigenvalue weighted by atomic mass is 9.98. The Morgan fingerprint density at radius 1 is 1.47 bits per heavy atom. The molecule has 1 aliphatic heterocycles. The second-order valence-electron chi connectivity index (χ2n) is 5.50. The third-order valence-corrected chi connectivity index (χ3v) is 3.88. The summed E-state index contributed by atoms with van der Waals surface area (Å²) in [4.78, 5) is 4.78. The van der Waals surface area contributed by atoms with Crippen molar-refractivity contribution in [2.24, 2.45) is 0 Å². The van der Waals surface area contributed by atoms with Crippen LogP contribution in [0.5, 0.6) is 0 Å². The zero-order chi connectivity index (χ0) is 12.9. The van der Waals surface area contributed by atoms with Crippen LogP contribution in [-0.4, -0.2) is 61.8 Å². The molecule has 0 saturated carbocycles. The zero-order valence-electron chi connectivity index (χ0n) is 11.6. The third-order valence-electron chi connectivity index (χ3n) is 3.88. The fourth-order valence-corrected chi connectivity index (χ4v) is 2.35. The van der Waals surface area contributed by atoms with Crippen LogP contribution in [0.4, 0.5) is 0 Å². The minimum atomic E-state index is 0.191. The van der Waals surface area contributed by atoms with E-state index < -0.39 is 0 Å². The van der Waals surface area contributed by atoms with E-state index in [4.69, 9.17) is 10.00 Å². The molecule has 0 N–H and O–H groups in total. The number of likely N-dealkylation sites (N-methyl/N-ethyl adjacent to an activating group) is 1. The van der Waals surface area contributed by atoms with Gasteiger partial charge in [0.1, 0.15) is 0 Å². The molecule has 0 aromatic heterocycles. The van der Waals surface area contributed by atoms with E-state index in [0.717, 1.165) is 32.7 Å². The van der Waals surface area contributed by atoms with Gasteiger partial charge in [0, 0.05) is 31.8 Å². The van der Waals surface area contributed by atoms with Crippen LogP contribution in [0, 0.1) is 11.3 Å². The van der Waals surface area contributed by atoms with Crippen molar-refractivity contribution in [3.8, 4) is 6.07 Å². The van der Waals surface area contributed by atoms with Gasteiger partial charge in [0.25, 0.3) is 0 Å². The van der Waals surface area contributed by atoms with Crippen LogP contribution in [0.1, 0.15) is 26.7 Å². The van der Waals surface area contributed by atoms with Crippen LogP contribution in [0.2, 0.25) is 0 Å². The Bertz CT molecular complexity index is 272. The largest absolute Gasteiger partial charge is 0.383 e. The maximum Gasteiger partial charge on any atom is 0.0638 e. The lowest BCUT2D eigenvalue weighted by molar-refractivity contribution is 0.0744. The highest BCUT2D eigenvalue weighted by Crippen LogP contribution is 2.24. The van der Waals surface area contributed by atoms with Gasteiger partial charge >= 0.3 is 0 Å². The van der Waals surface area contributed by atoms with Gasteiger partial charge in [0.2, 0.25) is 0 Å². The summed E-state index contributed by atoms with van der Waals surface area (Å²) in [6.45, 7) is 8.28. The first-order valence-corrected chi connectivity index (χ1v) is 6.32. The van der Waals surface area contributed by atoms with Crippen molar-refractivity contribution in [3.63, 3.8) is 0 Å². The van der Waals surface area contributed by atoms with Gasteiger partial charge in [-0.05, 0) is 33.9 Å². The second-order valence-corrected chi connectivity index (χ2v) is 5.50. The summed E-state index contributed by atoms with van der Waals surface area (Å²) in [7, 11) is 3.86. The molecule has 17 heavy (non-hydrogen) atoms. The van der Waals surface area contributed by atoms with Gasteiger partial charge in [-0.3, -0.25) is 4.90 Å². The van der Waals surface area contributed by atoms with Crippen molar-refractivity contribution in [2.75, 3.05) is 40.4 Å². The molecule has 1 saturated heterocycles. The minimum Gasteiger partial charge on any atom is -0.383 e. The molecule has 0 aromatic carbocycles. The maximum atomic E-state index is 8.90. The molecule has 0 spiro atoms. The first kappa shape index (κ1) is 14.4. The Balaban J connectivity index is 2.72. The number of rotatable bonds is 4. The second kappa shape index (κ2) is 6.34. The minimum absolute atomic E-state index is 0.191. The smallest absolute Gasteiger partial charge is 0.0638 e. The van der Waals surface area contributed by atoms with Gasteiger partial charge in [-0.1, -0.05) is 0 Å². The Labute approximate surface area is 105 Å². The Morgan fingerprint density at radius 3 is 2.76 bits per heavy atom. The summed E-state index contributed by atoms with van der Waals surface area (Å²) < 4.78 is 5.18. The zero-order valence-corrected chi connectivity index (χ0v) is 11.6. The summed E-state index contributed by atoms with van der Waals surface area (Å²) in [6, 6.07) is 2.65. The number of nitrogens with zero attached hydrogens (tertiary/aromatic N) is 3. The predicted molar refractivity (Wildman–Crippen MR) is 68.8 cm³/mol. The molecule has 1 heterocycles. The van der Waals surface area contributed by atoms with Gasteiger partial charge in [-0.15, -0.1) is 0 Å². The number of hydrogen-bond acceptors (Lipinski definition) is 4. The molecule has 1 aliphatic rings. The van der Waals surface area contributed by atoms with Gasteiger partial charge in [0.15, 0.2) is 0 Å². The van der Waals surface area contributed by atoms with Crippen LogP contribution < -0.4 is 0 Å². The summed E-state index contributed by atoms with van der Waals surface area (Å²) in [5.41, 5.74) is 0.191. The average molecular weight is 239 g/mol. The molecule has 98 valence electrons. The van der Waals surface area contributed by atoms with Crippen LogP contribution in [0.25, 0.3) is 0 Å². The molecule has 1 rings (SSSR count). The van der Waals surface area contributed by atoms with Crippen molar-refractivity contribution in [1.29, 1.82) is 5.26 Å². The van der Waals surface area contributed by atoms with E-state index in [2.05, 4.69) is 36.8 Å². The van der Waals surface area contributed by atoms with Crippen LogP contribution in [0.3, 0.4) is 0 Å². The molecule has 4 heteroatoms. The molecule has 0 bridgehead atoms. The molecule has 0 aliphatic carbocycles. The molecule has 0 amide bonds. The molecular weight excluding hydrogens is 214 g/mol. The van der Waals surface area contributed by atoms with Crippen molar-refractivity contribution in [2.45, 2.75) is 38.3 Å². The standard InChI is InChI=1S/C13H25N3O/c1-13(2)6-8-15(3)12(5-7-14)11-16(13)9-10-17-4/h12H,5-6,8-11H2,1-4H3. The summed E-state index contributed by atoms with van der Waals surface area (Å²) in [5.74, 6) is 0. The molecular formula is C13H25N3O. The Hall–Kier alpha value is -0.630. The average Bonchev–Trinajstić information content (AvgIpc) is 2.38. The van der Waals surface area contributed by atoms with E-state index in [9.17, 15) is 0 Å². The lowest BCUT2D eigenvalue weighted by Crippen LogP contribution is -2.48. The van der Waals surface area contributed by atoms with Gasteiger partial charge in [0.05, 0.1) is 19.1 Å². The van der Waals surface area contributed by atoms with Crippen molar-refractivity contribution < 1.29 is 4.74 Å². The fraction of sp³-hybridized carbons (Fsp3) is 0.923. The van der Waals surface area contributed by atoms with Crippen molar-refractivity contribution >= 4 is 0 Å². The third kappa shape index (κ3) is 3.95. The number of nitriles is 1. The summed E-state index contributed by atoms with van der Waals surface area (Å²) >= 11 is 0. The maximum absolute atomic E-state index is 8.90.